The number of halogens is 1. The van der Waals surface area contributed by atoms with Crippen molar-refractivity contribution in [2.75, 3.05) is 10.6 Å². The van der Waals surface area contributed by atoms with Crippen molar-refractivity contribution in [3.8, 4) is 11.3 Å². The first kappa shape index (κ1) is 22.8. The molecule has 0 unspecified atom stereocenters. The molecule has 9 heteroatoms. The van der Waals surface area contributed by atoms with Gasteiger partial charge in [-0.3, -0.25) is 9.78 Å². The van der Waals surface area contributed by atoms with Crippen LogP contribution in [0.15, 0.2) is 74.8 Å². The highest BCUT2D eigenvalue weighted by molar-refractivity contribution is 9.10. The molecule has 35 heavy (non-hydrogen) atoms. The zero-order valence-corrected chi connectivity index (χ0v) is 21.0. The van der Waals surface area contributed by atoms with Gasteiger partial charge in [0, 0.05) is 35.6 Å². The molecule has 8 nitrogen and oxygen atoms in total. The van der Waals surface area contributed by atoms with E-state index in [0.29, 0.717) is 28.1 Å². The maximum absolute atomic E-state index is 13.3. The molecule has 0 atom stereocenters. The van der Waals surface area contributed by atoms with Crippen LogP contribution >= 0.6 is 15.9 Å². The smallest absolute Gasteiger partial charge is 0.277 e. The molecule has 4 aromatic heterocycles. The molecule has 0 radical (unpaired) electrons. The summed E-state index contributed by atoms with van der Waals surface area (Å²) in [7, 11) is 1.76. The Morgan fingerprint density at radius 2 is 1.83 bits per heavy atom. The van der Waals surface area contributed by atoms with Crippen LogP contribution in [-0.2, 0) is 13.6 Å². The van der Waals surface area contributed by atoms with E-state index in [2.05, 4.69) is 41.5 Å². The van der Waals surface area contributed by atoms with Gasteiger partial charge in [0.15, 0.2) is 4.67 Å². The lowest BCUT2D eigenvalue weighted by atomic mass is 10.0. The summed E-state index contributed by atoms with van der Waals surface area (Å²) in [4.78, 5) is 26.4. The summed E-state index contributed by atoms with van der Waals surface area (Å²) < 4.78 is 7.89. The first-order valence-corrected chi connectivity index (χ1v) is 11.8. The molecule has 2 N–H and O–H groups in total. The van der Waals surface area contributed by atoms with Gasteiger partial charge in [0.1, 0.15) is 11.3 Å². The van der Waals surface area contributed by atoms with E-state index in [0.717, 1.165) is 39.6 Å². The molecular weight excluding hydrogens is 508 g/mol. The molecule has 0 saturated heterocycles. The Hall–Kier alpha value is -3.98. The Labute approximate surface area is 210 Å². The van der Waals surface area contributed by atoms with Crippen LogP contribution in [0.25, 0.3) is 22.2 Å². The number of benzene rings is 1. The molecule has 0 bridgehead atoms. The minimum absolute atomic E-state index is 0.192. The summed E-state index contributed by atoms with van der Waals surface area (Å²) in [6, 6.07) is 15.6. The van der Waals surface area contributed by atoms with Crippen molar-refractivity contribution in [3.63, 3.8) is 0 Å². The average Bonchev–Trinajstić information content (AvgIpc) is 3.28. The maximum atomic E-state index is 13.3. The number of aryl methyl sites for hydroxylation is 2. The normalized spacial score (nSPS) is 11.1. The van der Waals surface area contributed by atoms with E-state index in [-0.39, 0.29) is 5.56 Å². The van der Waals surface area contributed by atoms with E-state index in [4.69, 9.17) is 4.42 Å². The molecular formula is C26H23BrN6O2. The highest BCUT2D eigenvalue weighted by atomic mass is 79.9. The lowest BCUT2D eigenvalue weighted by Crippen LogP contribution is -2.20. The van der Waals surface area contributed by atoms with Crippen molar-refractivity contribution in [2.45, 2.75) is 20.4 Å². The number of hydrogen-bond donors (Lipinski definition) is 2. The standard InChI is InChI=1S/C26H23BrN6O2/c1-15-4-6-18(29-14-20-8-9-23(27)35-20)11-21(15)22-10-17-12-30-26(32-24(17)25(34)33(22)3)31-19-7-5-16(2)28-13-19/h4-13,29H,14H2,1-3H3,(H,30,31,32). The van der Waals surface area contributed by atoms with Gasteiger partial charge in [-0.15, -0.1) is 0 Å². The van der Waals surface area contributed by atoms with Crippen LogP contribution in [0, 0.1) is 13.8 Å². The van der Waals surface area contributed by atoms with Crippen LogP contribution in [0.4, 0.5) is 17.3 Å². The molecule has 4 heterocycles. The monoisotopic (exact) mass is 530 g/mol. The highest BCUT2D eigenvalue weighted by Crippen LogP contribution is 2.28. The Morgan fingerprint density at radius 1 is 1.00 bits per heavy atom. The third kappa shape index (κ3) is 4.81. The van der Waals surface area contributed by atoms with Gasteiger partial charge in [-0.1, -0.05) is 6.07 Å². The third-order valence-corrected chi connectivity index (χ3v) is 6.18. The molecule has 0 aliphatic carbocycles. The number of hydrogen-bond acceptors (Lipinski definition) is 7. The fraction of sp³-hybridized carbons (Fsp3) is 0.154. The minimum Gasteiger partial charge on any atom is -0.452 e. The first-order chi connectivity index (χ1) is 16.9. The molecule has 0 aliphatic heterocycles. The molecule has 0 fully saturated rings. The number of nitrogens with one attached hydrogen (secondary N) is 2. The van der Waals surface area contributed by atoms with Crippen molar-refractivity contribution < 1.29 is 4.42 Å². The van der Waals surface area contributed by atoms with E-state index in [1.807, 2.05) is 62.4 Å². The van der Waals surface area contributed by atoms with E-state index >= 15 is 0 Å². The second-order valence-corrected chi connectivity index (χ2v) is 9.08. The van der Waals surface area contributed by atoms with Gasteiger partial charge < -0.3 is 19.6 Å². The molecule has 5 rings (SSSR count). The zero-order chi connectivity index (χ0) is 24.5. The Kier molecular flexibility index (Phi) is 6.08. The minimum atomic E-state index is -0.192. The second kappa shape index (κ2) is 9.34. The highest BCUT2D eigenvalue weighted by Gasteiger charge is 2.14. The van der Waals surface area contributed by atoms with Crippen LogP contribution in [0.3, 0.4) is 0 Å². The molecule has 0 saturated carbocycles. The predicted octanol–water partition coefficient (Wildman–Crippen LogP) is 5.72. The van der Waals surface area contributed by atoms with E-state index in [1.54, 1.807) is 24.0 Å². The van der Waals surface area contributed by atoms with Gasteiger partial charge in [0.05, 0.1) is 24.1 Å². The molecule has 1 aromatic carbocycles. The SMILES string of the molecule is Cc1ccc(Nc2ncc3cc(-c4cc(NCc5ccc(Br)o5)ccc4C)n(C)c(=O)c3n2)cn1. The predicted molar refractivity (Wildman–Crippen MR) is 141 cm³/mol. The topological polar surface area (TPSA) is 97.9 Å². The summed E-state index contributed by atoms with van der Waals surface area (Å²) in [6.45, 7) is 4.49. The lowest BCUT2D eigenvalue weighted by Gasteiger charge is -2.15. The summed E-state index contributed by atoms with van der Waals surface area (Å²) in [5.41, 5.74) is 5.55. The summed E-state index contributed by atoms with van der Waals surface area (Å²) >= 11 is 3.32. The van der Waals surface area contributed by atoms with Gasteiger partial charge in [0.2, 0.25) is 5.95 Å². The van der Waals surface area contributed by atoms with Gasteiger partial charge in [-0.2, -0.15) is 0 Å². The van der Waals surface area contributed by atoms with Gasteiger partial charge in [0.25, 0.3) is 5.56 Å². The van der Waals surface area contributed by atoms with E-state index in [1.165, 1.54) is 0 Å². The van der Waals surface area contributed by atoms with E-state index in [9.17, 15) is 4.79 Å². The fourth-order valence-corrected chi connectivity index (χ4v) is 4.15. The van der Waals surface area contributed by atoms with Crippen LogP contribution in [0.2, 0.25) is 0 Å². The molecule has 0 amide bonds. The Morgan fingerprint density at radius 3 is 2.57 bits per heavy atom. The number of nitrogens with zero attached hydrogens (tertiary/aromatic N) is 4. The number of anilines is 3. The first-order valence-electron chi connectivity index (χ1n) is 11.0. The average molecular weight is 531 g/mol. The van der Waals surface area contributed by atoms with Gasteiger partial charge in [-0.25, -0.2) is 9.97 Å². The van der Waals surface area contributed by atoms with Gasteiger partial charge in [-0.05, 0) is 77.8 Å². The molecule has 5 aromatic rings. The van der Waals surface area contributed by atoms with Crippen LogP contribution in [0.1, 0.15) is 17.0 Å². The van der Waals surface area contributed by atoms with Crippen LogP contribution in [0.5, 0.6) is 0 Å². The summed E-state index contributed by atoms with van der Waals surface area (Å²) in [6.07, 6.45) is 3.38. The third-order valence-electron chi connectivity index (χ3n) is 5.75. The summed E-state index contributed by atoms with van der Waals surface area (Å²) in [5.74, 6) is 1.17. The number of aromatic nitrogens is 4. The van der Waals surface area contributed by atoms with Crippen LogP contribution < -0.4 is 16.2 Å². The molecule has 0 spiro atoms. The van der Waals surface area contributed by atoms with Crippen molar-refractivity contribution in [1.29, 1.82) is 0 Å². The Bertz CT molecular complexity index is 1590. The van der Waals surface area contributed by atoms with Crippen molar-refractivity contribution in [2.24, 2.45) is 7.05 Å². The second-order valence-electron chi connectivity index (χ2n) is 8.29. The number of fused-ring (bicyclic) bond motifs is 1. The van der Waals surface area contributed by atoms with Crippen molar-refractivity contribution in [1.82, 2.24) is 19.5 Å². The van der Waals surface area contributed by atoms with Crippen molar-refractivity contribution >= 4 is 44.2 Å². The Balaban J connectivity index is 1.47. The molecule has 176 valence electrons. The number of furan rings is 1. The number of pyridine rings is 2. The largest absolute Gasteiger partial charge is 0.452 e. The zero-order valence-electron chi connectivity index (χ0n) is 19.5. The molecule has 0 aliphatic rings. The quantitative estimate of drug-likeness (QED) is 0.289. The van der Waals surface area contributed by atoms with Gasteiger partial charge >= 0.3 is 0 Å². The fourth-order valence-electron chi connectivity index (χ4n) is 3.81. The number of rotatable bonds is 6. The van der Waals surface area contributed by atoms with Crippen molar-refractivity contribution in [3.05, 3.63) is 93.0 Å². The maximum Gasteiger partial charge on any atom is 0.277 e. The van der Waals surface area contributed by atoms with E-state index < -0.39 is 0 Å². The summed E-state index contributed by atoms with van der Waals surface area (Å²) in [5, 5.41) is 7.16. The van der Waals surface area contributed by atoms with Crippen LogP contribution in [-0.4, -0.2) is 19.5 Å². The lowest BCUT2D eigenvalue weighted by molar-refractivity contribution is 0.495.